The normalized spacial score (nSPS) is 18.4. The lowest BCUT2D eigenvalue weighted by molar-refractivity contribution is -0.153. The molecule has 2 aliphatic heterocycles. The number of hydrogen-bond donors (Lipinski definition) is 1. The maximum absolute atomic E-state index is 12.7. The standard InChI is InChI=1S/C23H23F3N2O3/c1-30-21-8-14-6-7-27-11-20-17(15-4-2-3-5-18(15)28(20)13-29)9-19(27)16(14)10-22(21)31-12-23(24,25)26/h2-5,8,10,19,29H,6-7,9,11-13H2,1H3. The molecule has 164 valence electrons. The predicted molar refractivity (Wildman–Crippen MR) is 109 cm³/mol. The Bertz CT molecular complexity index is 1140. The number of aliphatic hydroxyl groups excluding tert-OH is 1. The molecule has 0 radical (unpaired) electrons. The number of hydrogen-bond acceptors (Lipinski definition) is 4. The van der Waals surface area contributed by atoms with Gasteiger partial charge in [0.25, 0.3) is 0 Å². The third-order valence-corrected chi connectivity index (χ3v) is 6.37. The summed E-state index contributed by atoms with van der Waals surface area (Å²) in [6.45, 7) is 0.0671. The highest BCUT2D eigenvalue weighted by molar-refractivity contribution is 5.86. The van der Waals surface area contributed by atoms with E-state index in [0.29, 0.717) is 12.3 Å². The first kappa shape index (κ1) is 20.2. The highest BCUT2D eigenvalue weighted by atomic mass is 19.4. The topological polar surface area (TPSA) is 46.9 Å². The van der Waals surface area contributed by atoms with Crippen molar-refractivity contribution < 1.29 is 27.8 Å². The minimum atomic E-state index is -4.42. The second-order valence-electron chi connectivity index (χ2n) is 8.06. The zero-order valence-corrected chi connectivity index (χ0v) is 17.1. The molecule has 0 spiro atoms. The van der Waals surface area contributed by atoms with E-state index in [1.54, 1.807) is 6.07 Å². The van der Waals surface area contributed by atoms with Crippen LogP contribution in [0.3, 0.4) is 0 Å². The Labute approximate surface area is 177 Å². The van der Waals surface area contributed by atoms with E-state index in [0.717, 1.165) is 47.1 Å². The molecule has 2 aromatic carbocycles. The number of aromatic nitrogens is 1. The first-order valence-electron chi connectivity index (χ1n) is 10.2. The molecule has 2 aliphatic rings. The number of nitrogens with zero attached hydrogens (tertiary/aromatic N) is 2. The second kappa shape index (κ2) is 7.46. The summed E-state index contributed by atoms with van der Waals surface area (Å²) in [5.74, 6) is 0.439. The molecule has 31 heavy (non-hydrogen) atoms. The Morgan fingerprint density at radius 3 is 2.71 bits per heavy atom. The van der Waals surface area contributed by atoms with Gasteiger partial charge in [-0.05, 0) is 47.7 Å². The van der Waals surface area contributed by atoms with E-state index in [4.69, 9.17) is 9.47 Å². The van der Waals surface area contributed by atoms with E-state index in [-0.39, 0.29) is 18.5 Å². The van der Waals surface area contributed by atoms with Crippen LogP contribution in [0.25, 0.3) is 10.9 Å². The Hall–Kier alpha value is -2.71. The summed E-state index contributed by atoms with van der Waals surface area (Å²) in [7, 11) is 1.44. The van der Waals surface area contributed by atoms with Gasteiger partial charge in [0, 0.05) is 30.2 Å². The second-order valence-corrected chi connectivity index (χ2v) is 8.06. The summed E-state index contributed by atoms with van der Waals surface area (Å²) in [4.78, 5) is 2.33. The fourth-order valence-corrected chi connectivity index (χ4v) is 5.01. The van der Waals surface area contributed by atoms with E-state index in [2.05, 4.69) is 11.0 Å². The summed E-state index contributed by atoms with van der Waals surface area (Å²) in [5, 5.41) is 11.1. The van der Waals surface area contributed by atoms with Crippen molar-refractivity contribution in [2.45, 2.75) is 38.3 Å². The SMILES string of the molecule is COc1cc2c(cc1OCC(F)(F)F)C1Cc3c(n(CO)c4ccccc34)CN1CC2. The van der Waals surface area contributed by atoms with Crippen LogP contribution in [-0.4, -0.2) is 41.0 Å². The summed E-state index contributed by atoms with van der Waals surface area (Å²) in [6, 6.07) is 11.6. The van der Waals surface area contributed by atoms with Gasteiger partial charge in [0.2, 0.25) is 0 Å². The lowest BCUT2D eigenvalue weighted by Crippen LogP contribution is -2.40. The van der Waals surface area contributed by atoms with Crippen molar-refractivity contribution in [3.05, 3.63) is 58.8 Å². The molecule has 1 aromatic heterocycles. The van der Waals surface area contributed by atoms with Gasteiger partial charge in [0.15, 0.2) is 18.1 Å². The number of ether oxygens (including phenoxy) is 2. The van der Waals surface area contributed by atoms with E-state index in [1.807, 2.05) is 28.8 Å². The largest absolute Gasteiger partial charge is 0.493 e. The van der Waals surface area contributed by atoms with Crippen LogP contribution in [0.1, 0.15) is 28.4 Å². The third-order valence-electron chi connectivity index (χ3n) is 6.37. The number of aliphatic hydroxyl groups is 1. The van der Waals surface area contributed by atoms with Crippen LogP contribution in [0.4, 0.5) is 13.2 Å². The highest BCUT2D eigenvalue weighted by Crippen LogP contribution is 2.44. The number of para-hydroxylation sites is 1. The number of methoxy groups -OCH3 is 1. The number of alkyl halides is 3. The summed E-state index contributed by atoms with van der Waals surface area (Å²) >= 11 is 0. The van der Waals surface area contributed by atoms with Crippen molar-refractivity contribution in [3.8, 4) is 11.5 Å². The molecule has 1 unspecified atom stereocenters. The predicted octanol–water partition coefficient (Wildman–Crippen LogP) is 4.20. The van der Waals surface area contributed by atoms with Gasteiger partial charge in [0.1, 0.15) is 6.73 Å². The first-order chi connectivity index (χ1) is 14.9. The van der Waals surface area contributed by atoms with Gasteiger partial charge in [-0.2, -0.15) is 13.2 Å². The molecular formula is C23H23F3N2O3. The Morgan fingerprint density at radius 2 is 1.97 bits per heavy atom. The van der Waals surface area contributed by atoms with Crippen molar-refractivity contribution in [3.63, 3.8) is 0 Å². The maximum Gasteiger partial charge on any atom is 0.422 e. The molecule has 8 heteroatoms. The monoisotopic (exact) mass is 432 g/mol. The van der Waals surface area contributed by atoms with Crippen LogP contribution in [-0.2, 0) is 26.1 Å². The van der Waals surface area contributed by atoms with E-state index in [9.17, 15) is 18.3 Å². The van der Waals surface area contributed by atoms with Gasteiger partial charge >= 0.3 is 6.18 Å². The van der Waals surface area contributed by atoms with Gasteiger partial charge in [-0.25, -0.2) is 0 Å². The maximum atomic E-state index is 12.7. The van der Waals surface area contributed by atoms with Gasteiger partial charge in [-0.3, -0.25) is 4.90 Å². The molecular weight excluding hydrogens is 409 g/mol. The summed E-state index contributed by atoms with van der Waals surface area (Å²) in [6.07, 6.45) is -2.92. The molecule has 0 saturated carbocycles. The third kappa shape index (κ3) is 3.43. The van der Waals surface area contributed by atoms with Crippen LogP contribution in [0.2, 0.25) is 0 Å². The fourth-order valence-electron chi connectivity index (χ4n) is 5.01. The van der Waals surface area contributed by atoms with Crippen molar-refractivity contribution in [2.24, 2.45) is 0 Å². The Morgan fingerprint density at radius 1 is 1.16 bits per heavy atom. The van der Waals surface area contributed by atoms with Crippen LogP contribution >= 0.6 is 0 Å². The Kier molecular flexibility index (Phi) is 4.86. The minimum Gasteiger partial charge on any atom is -0.493 e. The number of benzene rings is 2. The highest BCUT2D eigenvalue weighted by Gasteiger charge is 2.36. The molecule has 0 aliphatic carbocycles. The van der Waals surface area contributed by atoms with Gasteiger partial charge in [0.05, 0.1) is 12.6 Å². The van der Waals surface area contributed by atoms with Crippen LogP contribution in [0, 0.1) is 0 Å². The minimum absolute atomic E-state index is 0.0355. The van der Waals surface area contributed by atoms with Gasteiger partial charge < -0.3 is 19.1 Å². The number of halogens is 3. The quantitative estimate of drug-likeness (QED) is 0.672. The summed E-state index contributed by atoms with van der Waals surface area (Å²) < 4.78 is 50.6. The van der Waals surface area contributed by atoms with Crippen LogP contribution < -0.4 is 9.47 Å². The fraction of sp³-hybridized carbons (Fsp3) is 0.391. The van der Waals surface area contributed by atoms with Crippen molar-refractivity contribution in [1.29, 1.82) is 0 Å². The molecule has 5 nitrogen and oxygen atoms in total. The molecule has 1 atom stereocenters. The molecule has 1 N–H and O–H groups in total. The smallest absolute Gasteiger partial charge is 0.422 e. The molecule has 3 heterocycles. The van der Waals surface area contributed by atoms with Crippen LogP contribution in [0.15, 0.2) is 36.4 Å². The van der Waals surface area contributed by atoms with E-state index in [1.165, 1.54) is 12.7 Å². The molecule has 0 fully saturated rings. The van der Waals surface area contributed by atoms with E-state index < -0.39 is 12.8 Å². The average molecular weight is 432 g/mol. The van der Waals surface area contributed by atoms with Crippen molar-refractivity contribution in [2.75, 3.05) is 20.3 Å². The van der Waals surface area contributed by atoms with Crippen LogP contribution in [0.5, 0.6) is 11.5 Å². The number of rotatable bonds is 4. The molecule has 0 saturated heterocycles. The van der Waals surface area contributed by atoms with Gasteiger partial charge in [-0.1, -0.05) is 18.2 Å². The first-order valence-corrected chi connectivity index (χ1v) is 10.2. The van der Waals surface area contributed by atoms with Crippen molar-refractivity contribution in [1.82, 2.24) is 9.47 Å². The lowest BCUT2D eigenvalue weighted by Gasteiger charge is -2.41. The lowest BCUT2D eigenvalue weighted by atomic mass is 9.85. The molecule has 0 bridgehead atoms. The van der Waals surface area contributed by atoms with Crippen molar-refractivity contribution >= 4 is 10.9 Å². The molecule has 0 amide bonds. The summed E-state index contributed by atoms with van der Waals surface area (Å²) in [5.41, 5.74) is 5.35. The Balaban J connectivity index is 1.56. The number of fused-ring (bicyclic) bond motifs is 6. The molecule has 5 rings (SSSR count). The zero-order chi connectivity index (χ0) is 21.8. The zero-order valence-electron chi connectivity index (χ0n) is 17.1. The molecule has 3 aromatic rings. The van der Waals surface area contributed by atoms with Gasteiger partial charge in [-0.15, -0.1) is 0 Å². The average Bonchev–Trinajstić information content (AvgIpc) is 3.07. The van der Waals surface area contributed by atoms with E-state index >= 15 is 0 Å².